The zero-order chi connectivity index (χ0) is 25.7. The number of hydrogen-bond acceptors (Lipinski definition) is 7. The first kappa shape index (κ1) is 24.9. The second-order valence-electron chi connectivity index (χ2n) is 8.37. The third-order valence-corrected chi connectivity index (χ3v) is 6.10. The number of pyridine rings is 1. The third kappa shape index (κ3) is 5.55. The number of aromatic nitrogens is 4. The summed E-state index contributed by atoms with van der Waals surface area (Å²) in [5.74, 6) is -2.36. The maximum absolute atomic E-state index is 14.7. The van der Waals surface area contributed by atoms with Gasteiger partial charge in [0, 0.05) is 24.4 Å². The second kappa shape index (κ2) is 11.0. The van der Waals surface area contributed by atoms with Crippen molar-refractivity contribution in [1.29, 1.82) is 0 Å². The molecule has 2 N–H and O–H groups in total. The molecule has 0 spiro atoms. The number of benzene rings is 2. The van der Waals surface area contributed by atoms with Crippen LogP contribution in [-0.4, -0.2) is 49.4 Å². The summed E-state index contributed by atoms with van der Waals surface area (Å²) in [6, 6.07) is 14.9. The number of aliphatic hydroxyl groups excluding tert-OH is 1. The van der Waals surface area contributed by atoms with Gasteiger partial charge >= 0.3 is 5.97 Å². The Morgan fingerprint density at radius 1 is 1.11 bits per heavy atom. The summed E-state index contributed by atoms with van der Waals surface area (Å²) in [6.45, 7) is -0.0242. The number of ether oxygens (including phenoxy) is 1. The van der Waals surface area contributed by atoms with Crippen LogP contribution in [0, 0.1) is 11.7 Å². The molecule has 2 heterocycles. The molecule has 0 saturated carbocycles. The first-order chi connectivity index (χ1) is 17.4. The van der Waals surface area contributed by atoms with Crippen LogP contribution in [0.25, 0.3) is 22.0 Å². The number of hydrogen-bond donors (Lipinski definition) is 2. The Kier molecular flexibility index (Phi) is 7.65. The molecule has 4 aromatic rings. The van der Waals surface area contributed by atoms with E-state index in [-0.39, 0.29) is 31.4 Å². The molecule has 10 heteroatoms. The fourth-order valence-electron chi connectivity index (χ4n) is 4.02. The van der Waals surface area contributed by atoms with Crippen molar-refractivity contribution in [2.75, 3.05) is 7.11 Å². The molecule has 0 unspecified atom stereocenters. The van der Waals surface area contributed by atoms with Gasteiger partial charge in [-0.25, -0.2) is 14.1 Å². The number of carboxylic acid groups (broad SMARTS) is 1. The highest BCUT2D eigenvalue weighted by atomic mass is 19.1. The molecular weight excluding hydrogens is 467 g/mol. The van der Waals surface area contributed by atoms with Gasteiger partial charge in [-0.15, -0.1) is 5.10 Å². The molecule has 0 amide bonds. The fraction of sp³-hybridized carbons (Fsp3) is 0.269. The lowest BCUT2D eigenvalue weighted by Gasteiger charge is -2.19. The predicted molar refractivity (Wildman–Crippen MR) is 130 cm³/mol. The van der Waals surface area contributed by atoms with E-state index in [1.54, 1.807) is 54.7 Å². The molecule has 2 atom stereocenters. The van der Waals surface area contributed by atoms with Gasteiger partial charge in [0.1, 0.15) is 11.3 Å². The summed E-state index contributed by atoms with van der Waals surface area (Å²) in [6.07, 6.45) is 0.495. The van der Waals surface area contributed by atoms with E-state index < -0.39 is 23.8 Å². The number of aliphatic carboxylic acids is 1. The highest BCUT2D eigenvalue weighted by Crippen LogP contribution is 2.24. The molecule has 2 aromatic heterocycles. The molecule has 9 nitrogen and oxygen atoms in total. The largest absolute Gasteiger partial charge is 0.481 e. The SMILES string of the molecule is COc1ccc(-c2ccc(CC[C@@H](O)[C@H](CCn3nnc4ccccc4c3=O)C(=O)O)c(F)c2)cn1. The van der Waals surface area contributed by atoms with Crippen LogP contribution in [0.5, 0.6) is 5.88 Å². The van der Waals surface area contributed by atoms with Gasteiger partial charge in [-0.2, -0.15) is 0 Å². The number of aliphatic hydroxyl groups is 1. The van der Waals surface area contributed by atoms with Crippen LogP contribution in [-0.2, 0) is 17.8 Å². The first-order valence-electron chi connectivity index (χ1n) is 11.4. The summed E-state index contributed by atoms with van der Waals surface area (Å²) >= 11 is 0. The van der Waals surface area contributed by atoms with Crippen LogP contribution in [0.1, 0.15) is 18.4 Å². The quantitative estimate of drug-likeness (QED) is 0.346. The molecule has 0 aliphatic carbocycles. The number of rotatable bonds is 10. The van der Waals surface area contributed by atoms with Gasteiger partial charge in [0.2, 0.25) is 5.88 Å². The molecule has 0 fully saturated rings. The molecule has 0 saturated heterocycles. The Bertz CT molecular complexity index is 1420. The summed E-state index contributed by atoms with van der Waals surface area (Å²) in [5.41, 5.74) is 1.79. The van der Waals surface area contributed by atoms with Gasteiger partial charge in [-0.05, 0) is 54.7 Å². The molecule has 4 rings (SSSR count). The number of fused-ring (bicyclic) bond motifs is 1. The molecule has 0 bridgehead atoms. The standard InChI is InChI=1S/C26H25FN4O5/c1-36-24-11-9-18(15-28-24)17-7-6-16(21(27)14-17)8-10-23(32)20(26(34)35)12-13-31-25(33)19-4-2-3-5-22(19)29-30-31/h2-7,9,11,14-15,20,23,32H,8,10,12-13H2,1H3,(H,34,35)/t20-,23+/m0/s1. The number of aryl methyl sites for hydroxylation is 2. The van der Waals surface area contributed by atoms with Crippen LogP contribution in [0.3, 0.4) is 0 Å². The third-order valence-electron chi connectivity index (χ3n) is 6.10. The van der Waals surface area contributed by atoms with Gasteiger partial charge in [0.15, 0.2) is 0 Å². The molecule has 36 heavy (non-hydrogen) atoms. The van der Waals surface area contributed by atoms with Gasteiger partial charge < -0.3 is 14.9 Å². The number of carbonyl (C=O) groups is 1. The minimum absolute atomic E-state index is 0.0242. The van der Waals surface area contributed by atoms with E-state index in [1.165, 1.54) is 13.2 Å². The van der Waals surface area contributed by atoms with Crippen LogP contribution in [0.2, 0.25) is 0 Å². The van der Waals surface area contributed by atoms with E-state index in [0.29, 0.717) is 27.9 Å². The Hall–Kier alpha value is -4.18. The zero-order valence-corrected chi connectivity index (χ0v) is 19.5. The van der Waals surface area contributed by atoms with E-state index in [9.17, 15) is 24.2 Å². The first-order valence-corrected chi connectivity index (χ1v) is 11.4. The van der Waals surface area contributed by atoms with Crippen LogP contribution < -0.4 is 10.3 Å². The fourth-order valence-corrected chi connectivity index (χ4v) is 4.02. The number of halogens is 1. The monoisotopic (exact) mass is 492 g/mol. The van der Waals surface area contributed by atoms with Gasteiger partial charge in [-0.1, -0.05) is 29.5 Å². The molecule has 0 aliphatic heterocycles. The van der Waals surface area contributed by atoms with Gasteiger partial charge in [-0.3, -0.25) is 9.59 Å². The molecular formula is C26H25FN4O5. The van der Waals surface area contributed by atoms with E-state index in [1.807, 2.05) is 0 Å². The Morgan fingerprint density at radius 2 is 1.89 bits per heavy atom. The van der Waals surface area contributed by atoms with Gasteiger partial charge in [0.05, 0.1) is 24.5 Å². The molecule has 186 valence electrons. The van der Waals surface area contributed by atoms with E-state index in [0.717, 1.165) is 10.2 Å². The Balaban J connectivity index is 1.40. The van der Waals surface area contributed by atoms with Crippen molar-refractivity contribution in [2.24, 2.45) is 5.92 Å². The Labute approximate surface area is 205 Å². The Morgan fingerprint density at radius 3 is 2.58 bits per heavy atom. The van der Waals surface area contributed by atoms with Crippen molar-refractivity contribution >= 4 is 16.9 Å². The predicted octanol–water partition coefficient (Wildman–Crippen LogP) is 3.09. The topological polar surface area (TPSA) is 127 Å². The number of nitrogens with zero attached hydrogens (tertiary/aromatic N) is 4. The minimum Gasteiger partial charge on any atom is -0.481 e. The van der Waals surface area contributed by atoms with Crippen molar-refractivity contribution in [3.05, 3.63) is 82.5 Å². The lowest BCUT2D eigenvalue weighted by Crippen LogP contribution is -2.32. The van der Waals surface area contributed by atoms with E-state index in [4.69, 9.17) is 4.74 Å². The van der Waals surface area contributed by atoms with Crippen LogP contribution in [0.15, 0.2) is 65.6 Å². The smallest absolute Gasteiger partial charge is 0.309 e. The molecule has 0 aliphatic rings. The number of methoxy groups -OCH3 is 1. The maximum atomic E-state index is 14.7. The second-order valence-corrected chi connectivity index (χ2v) is 8.37. The summed E-state index contributed by atoms with van der Waals surface area (Å²) in [7, 11) is 1.51. The minimum atomic E-state index is -1.24. The number of carboxylic acids is 1. The normalized spacial score (nSPS) is 12.9. The summed E-state index contributed by atoms with van der Waals surface area (Å²) < 4.78 is 20.9. The van der Waals surface area contributed by atoms with Crippen molar-refractivity contribution in [1.82, 2.24) is 20.0 Å². The summed E-state index contributed by atoms with van der Waals surface area (Å²) in [4.78, 5) is 28.5. The highest BCUT2D eigenvalue weighted by Gasteiger charge is 2.27. The zero-order valence-electron chi connectivity index (χ0n) is 19.5. The van der Waals surface area contributed by atoms with Gasteiger partial charge in [0.25, 0.3) is 5.56 Å². The molecule has 2 aromatic carbocycles. The average Bonchev–Trinajstić information content (AvgIpc) is 2.89. The van der Waals surface area contributed by atoms with Crippen molar-refractivity contribution < 1.29 is 24.1 Å². The van der Waals surface area contributed by atoms with Crippen LogP contribution >= 0.6 is 0 Å². The highest BCUT2D eigenvalue weighted by molar-refractivity contribution is 5.76. The van der Waals surface area contributed by atoms with Crippen molar-refractivity contribution in [3.8, 4) is 17.0 Å². The van der Waals surface area contributed by atoms with E-state index >= 15 is 0 Å². The maximum Gasteiger partial charge on any atom is 0.309 e. The van der Waals surface area contributed by atoms with E-state index in [2.05, 4.69) is 15.3 Å². The van der Waals surface area contributed by atoms with Crippen LogP contribution in [0.4, 0.5) is 4.39 Å². The average molecular weight is 493 g/mol. The lowest BCUT2D eigenvalue weighted by atomic mass is 9.93. The van der Waals surface area contributed by atoms with Crippen molar-refractivity contribution in [2.45, 2.75) is 31.9 Å². The lowest BCUT2D eigenvalue weighted by molar-refractivity contribution is -0.146. The summed E-state index contributed by atoms with van der Waals surface area (Å²) in [5, 5.41) is 28.5. The van der Waals surface area contributed by atoms with Crippen molar-refractivity contribution in [3.63, 3.8) is 0 Å². The molecule has 0 radical (unpaired) electrons.